The van der Waals surface area contributed by atoms with Crippen molar-refractivity contribution in [2.45, 2.75) is 19.8 Å². The maximum absolute atomic E-state index is 12.1. The van der Waals surface area contributed by atoms with Gasteiger partial charge in [-0.05, 0) is 62.1 Å². The first-order valence-electron chi connectivity index (χ1n) is 10.5. The maximum Gasteiger partial charge on any atom is 0.309 e. The second-order valence-corrected chi connectivity index (χ2v) is 11.3. The van der Waals surface area contributed by atoms with E-state index in [1.54, 1.807) is 0 Å². The zero-order valence-electron chi connectivity index (χ0n) is 16.9. The number of carbonyl (C=O) groups is 1. The van der Waals surface area contributed by atoms with E-state index in [0.29, 0.717) is 12.5 Å². The molecular formula is C26H28O2P+. The first-order valence-corrected chi connectivity index (χ1v) is 12.4. The van der Waals surface area contributed by atoms with Crippen LogP contribution < -0.4 is 15.9 Å². The molecule has 0 bridgehead atoms. The van der Waals surface area contributed by atoms with Crippen molar-refractivity contribution in [3.8, 4) is 0 Å². The summed E-state index contributed by atoms with van der Waals surface area (Å²) in [6, 6.07) is 32.8. The number of hydrogen-bond acceptors (Lipinski definition) is 2. The third-order valence-corrected chi connectivity index (χ3v) is 10.4. The van der Waals surface area contributed by atoms with Crippen molar-refractivity contribution < 1.29 is 9.53 Å². The van der Waals surface area contributed by atoms with Gasteiger partial charge in [0.05, 0.1) is 18.7 Å². The normalized spacial score (nSPS) is 18.2. The molecule has 0 radical (unpaired) electrons. The quantitative estimate of drug-likeness (QED) is 0.407. The molecule has 0 heterocycles. The molecule has 4 rings (SSSR count). The predicted octanol–water partition coefficient (Wildman–Crippen LogP) is 4.57. The second kappa shape index (κ2) is 8.93. The van der Waals surface area contributed by atoms with Crippen LogP contribution in [0, 0.1) is 11.8 Å². The minimum absolute atomic E-state index is 0.0134. The van der Waals surface area contributed by atoms with Gasteiger partial charge in [0.2, 0.25) is 0 Å². The van der Waals surface area contributed by atoms with Gasteiger partial charge in [0.15, 0.2) is 0 Å². The van der Waals surface area contributed by atoms with Crippen molar-refractivity contribution in [2.75, 3.05) is 12.8 Å². The van der Waals surface area contributed by atoms with E-state index in [0.717, 1.165) is 19.0 Å². The molecule has 1 saturated carbocycles. The highest BCUT2D eigenvalue weighted by atomic mass is 31.2. The van der Waals surface area contributed by atoms with Crippen molar-refractivity contribution in [2.24, 2.45) is 11.8 Å². The summed E-state index contributed by atoms with van der Waals surface area (Å²) in [4.78, 5) is 12.1. The van der Waals surface area contributed by atoms with Gasteiger partial charge in [0.25, 0.3) is 0 Å². The van der Waals surface area contributed by atoms with Crippen LogP contribution in [0.5, 0.6) is 0 Å². The third kappa shape index (κ3) is 4.14. The van der Waals surface area contributed by atoms with Gasteiger partial charge in [-0.25, -0.2) is 0 Å². The number of ether oxygens (including phenoxy) is 1. The molecule has 3 aromatic carbocycles. The monoisotopic (exact) mass is 403 g/mol. The Morgan fingerprint density at radius 3 is 1.69 bits per heavy atom. The number of carbonyl (C=O) groups excluding carboxylic acids is 1. The van der Waals surface area contributed by atoms with Crippen LogP contribution in [0.4, 0.5) is 0 Å². The van der Waals surface area contributed by atoms with E-state index >= 15 is 0 Å². The molecule has 1 fully saturated rings. The van der Waals surface area contributed by atoms with Crippen molar-refractivity contribution in [1.82, 2.24) is 0 Å². The molecule has 3 heteroatoms. The highest BCUT2D eigenvalue weighted by Crippen LogP contribution is 2.58. The molecule has 148 valence electrons. The van der Waals surface area contributed by atoms with Gasteiger partial charge in [-0.3, -0.25) is 4.79 Å². The van der Waals surface area contributed by atoms with Gasteiger partial charge in [-0.15, -0.1) is 0 Å². The third-order valence-electron chi connectivity index (χ3n) is 5.94. The molecule has 1 aliphatic carbocycles. The highest BCUT2D eigenvalue weighted by molar-refractivity contribution is 7.95. The first-order chi connectivity index (χ1) is 14.3. The zero-order valence-corrected chi connectivity index (χ0v) is 17.8. The van der Waals surface area contributed by atoms with Crippen molar-refractivity contribution >= 4 is 29.1 Å². The summed E-state index contributed by atoms with van der Waals surface area (Å²) in [5, 5.41) is 4.22. The fraction of sp³-hybridized carbons (Fsp3) is 0.269. The lowest BCUT2D eigenvalue weighted by molar-refractivity contribution is -0.145. The number of esters is 1. The SMILES string of the molecule is CCOC(=O)[C@@H]1C[C@H]1CC[P+](c1ccccc1)(c1ccccc1)c1ccccc1. The summed E-state index contributed by atoms with van der Waals surface area (Å²) in [7, 11) is -1.79. The summed E-state index contributed by atoms with van der Waals surface area (Å²) < 4.78 is 5.25. The second-order valence-electron chi connectivity index (χ2n) is 7.68. The minimum Gasteiger partial charge on any atom is -0.466 e. The lowest BCUT2D eigenvalue weighted by Crippen LogP contribution is -2.33. The van der Waals surface area contributed by atoms with Gasteiger partial charge >= 0.3 is 5.97 Å². The van der Waals surface area contributed by atoms with Gasteiger partial charge in [0.1, 0.15) is 23.2 Å². The van der Waals surface area contributed by atoms with Crippen LogP contribution in [0.2, 0.25) is 0 Å². The Hall–Kier alpha value is -2.44. The number of benzene rings is 3. The molecule has 0 amide bonds. The highest BCUT2D eigenvalue weighted by Gasteiger charge is 2.50. The topological polar surface area (TPSA) is 26.3 Å². The summed E-state index contributed by atoms with van der Waals surface area (Å²) in [6.07, 6.45) is 3.10. The van der Waals surface area contributed by atoms with E-state index < -0.39 is 7.26 Å². The summed E-state index contributed by atoms with van der Waals surface area (Å²) in [6.45, 7) is 2.35. The van der Waals surface area contributed by atoms with E-state index in [-0.39, 0.29) is 11.9 Å². The Morgan fingerprint density at radius 2 is 1.28 bits per heavy atom. The minimum atomic E-state index is -1.79. The molecule has 1 aliphatic rings. The van der Waals surface area contributed by atoms with Crippen LogP contribution >= 0.6 is 7.26 Å². The first kappa shape index (κ1) is 19.9. The van der Waals surface area contributed by atoms with Crippen LogP contribution in [0.3, 0.4) is 0 Å². The molecular weight excluding hydrogens is 375 g/mol. The van der Waals surface area contributed by atoms with E-state index in [1.165, 1.54) is 15.9 Å². The number of rotatable bonds is 8. The van der Waals surface area contributed by atoms with Crippen molar-refractivity contribution in [3.05, 3.63) is 91.0 Å². The Morgan fingerprint density at radius 1 is 0.828 bits per heavy atom. The summed E-state index contributed by atoms with van der Waals surface area (Å²) in [5.41, 5.74) is 0. The fourth-order valence-electron chi connectivity index (χ4n) is 4.35. The Kier molecular flexibility index (Phi) is 6.11. The van der Waals surface area contributed by atoms with Crippen LogP contribution in [0.1, 0.15) is 19.8 Å². The Balaban J connectivity index is 1.72. The largest absolute Gasteiger partial charge is 0.466 e. The fourth-order valence-corrected chi connectivity index (χ4v) is 8.78. The molecule has 29 heavy (non-hydrogen) atoms. The molecule has 0 spiro atoms. The smallest absolute Gasteiger partial charge is 0.309 e. The molecule has 0 aliphatic heterocycles. The van der Waals surface area contributed by atoms with E-state index in [1.807, 2.05) is 6.92 Å². The van der Waals surface area contributed by atoms with Crippen molar-refractivity contribution in [3.63, 3.8) is 0 Å². The predicted molar refractivity (Wildman–Crippen MR) is 123 cm³/mol. The van der Waals surface area contributed by atoms with Crippen LogP contribution in [-0.4, -0.2) is 18.7 Å². The average Bonchev–Trinajstić information content (AvgIpc) is 3.57. The Labute approximate surface area is 174 Å². The number of hydrogen-bond donors (Lipinski definition) is 0. The zero-order chi connectivity index (χ0) is 20.1. The lowest BCUT2D eigenvalue weighted by atomic mass is 10.2. The molecule has 0 unspecified atom stereocenters. The molecule has 2 nitrogen and oxygen atoms in total. The maximum atomic E-state index is 12.1. The molecule has 0 saturated heterocycles. The van der Waals surface area contributed by atoms with E-state index in [9.17, 15) is 4.79 Å². The summed E-state index contributed by atoms with van der Waals surface area (Å²) >= 11 is 0. The van der Waals surface area contributed by atoms with Crippen LogP contribution in [0.25, 0.3) is 0 Å². The summed E-state index contributed by atoms with van der Waals surface area (Å²) in [5.74, 6) is 0.532. The molecule has 0 N–H and O–H groups in total. The standard InChI is InChI=1S/C26H28O2P/c1-2-28-26(27)25-20-21(25)18-19-29(22-12-6-3-7-13-22,23-14-8-4-9-15-23)24-16-10-5-11-17-24/h3-17,21,25H,2,18-20H2,1H3/q+1/t21-,25-/m1/s1. The molecule has 2 atom stereocenters. The van der Waals surface area contributed by atoms with Crippen LogP contribution in [0.15, 0.2) is 91.0 Å². The average molecular weight is 403 g/mol. The van der Waals surface area contributed by atoms with Gasteiger partial charge in [-0.2, -0.15) is 0 Å². The van der Waals surface area contributed by atoms with Gasteiger partial charge in [-0.1, -0.05) is 54.6 Å². The van der Waals surface area contributed by atoms with Crippen LogP contribution in [-0.2, 0) is 9.53 Å². The molecule has 3 aromatic rings. The molecule has 0 aromatic heterocycles. The Bertz CT molecular complexity index is 828. The van der Waals surface area contributed by atoms with Crippen molar-refractivity contribution in [1.29, 1.82) is 0 Å². The van der Waals surface area contributed by atoms with Gasteiger partial charge in [0, 0.05) is 0 Å². The van der Waals surface area contributed by atoms with E-state index in [4.69, 9.17) is 4.74 Å². The van der Waals surface area contributed by atoms with E-state index in [2.05, 4.69) is 91.0 Å². The lowest BCUT2D eigenvalue weighted by Gasteiger charge is -2.27. The van der Waals surface area contributed by atoms with Gasteiger partial charge < -0.3 is 4.74 Å².